The predicted octanol–water partition coefficient (Wildman–Crippen LogP) is 0.263. The third kappa shape index (κ3) is 7.05. The lowest BCUT2D eigenvalue weighted by molar-refractivity contribution is -0.145. The van der Waals surface area contributed by atoms with Crippen LogP contribution in [0.25, 0.3) is 0 Å². The molecule has 7 nitrogen and oxygen atoms in total. The van der Waals surface area contributed by atoms with E-state index in [2.05, 4.69) is 16.0 Å². The van der Waals surface area contributed by atoms with E-state index in [-0.39, 0.29) is 19.8 Å². The van der Waals surface area contributed by atoms with Gasteiger partial charge in [0.05, 0.1) is 0 Å². The second kappa shape index (κ2) is 10.6. The van der Waals surface area contributed by atoms with E-state index in [4.69, 9.17) is 9.47 Å². The fourth-order valence-electron chi connectivity index (χ4n) is 1.62. The minimum absolute atomic E-state index is 0.0997. The molecule has 0 fully saturated rings. The third-order valence-corrected chi connectivity index (χ3v) is 2.89. The highest BCUT2D eigenvalue weighted by Gasteiger charge is 2.18. The second-order valence-corrected chi connectivity index (χ2v) is 4.55. The van der Waals surface area contributed by atoms with Crippen LogP contribution in [0, 0.1) is 0 Å². The fourth-order valence-corrected chi connectivity index (χ4v) is 1.62. The summed E-state index contributed by atoms with van der Waals surface area (Å²) in [7, 11) is 3.40. The molecule has 0 aliphatic rings. The SMILES string of the molecule is CNCCOC(=O)C(CNC(=O)OCc1ccccc1)NC. The Morgan fingerprint density at radius 1 is 1.14 bits per heavy atom. The summed E-state index contributed by atoms with van der Waals surface area (Å²) in [6, 6.07) is 8.75. The maximum Gasteiger partial charge on any atom is 0.407 e. The average molecular weight is 309 g/mol. The molecular weight excluding hydrogens is 286 g/mol. The molecule has 22 heavy (non-hydrogen) atoms. The number of carbonyl (C=O) groups excluding carboxylic acids is 2. The molecule has 1 aromatic rings. The fraction of sp³-hybridized carbons (Fsp3) is 0.467. The van der Waals surface area contributed by atoms with E-state index >= 15 is 0 Å². The topological polar surface area (TPSA) is 88.7 Å². The minimum atomic E-state index is -0.610. The zero-order valence-corrected chi connectivity index (χ0v) is 12.9. The van der Waals surface area contributed by atoms with Crippen molar-refractivity contribution in [1.82, 2.24) is 16.0 Å². The zero-order chi connectivity index (χ0) is 16.2. The monoisotopic (exact) mass is 309 g/mol. The lowest BCUT2D eigenvalue weighted by atomic mass is 10.2. The summed E-state index contributed by atoms with van der Waals surface area (Å²) >= 11 is 0. The minimum Gasteiger partial charge on any atom is -0.463 e. The van der Waals surface area contributed by atoms with E-state index < -0.39 is 18.1 Å². The van der Waals surface area contributed by atoms with Gasteiger partial charge in [0.2, 0.25) is 0 Å². The van der Waals surface area contributed by atoms with Crippen LogP contribution in [0.3, 0.4) is 0 Å². The predicted molar refractivity (Wildman–Crippen MR) is 82.4 cm³/mol. The van der Waals surface area contributed by atoms with Gasteiger partial charge in [0.15, 0.2) is 0 Å². The number of alkyl carbamates (subject to hydrolysis) is 1. The number of carbonyl (C=O) groups is 2. The number of benzene rings is 1. The summed E-state index contributed by atoms with van der Waals surface area (Å²) in [5.74, 6) is -0.416. The smallest absolute Gasteiger partial charge is 0.407 e. The summed E-state index contributed by atoms with van der Waals surface area (Å²) < 4.78 is 10.1. The number of hydrogen-bond acceptors (Lipinski definition) is 6. The Kier molecular flexibility index (Phi) is 8.63. The molecule has 1 aromatic carbocycles. The highest BCUT2D eigenvalue weighted by molar-refractivity contribution is 5.77. The van der Waals surface area contributed by atoms with Crippen LogP contribution in [0.15, 0.2) is 30.3 Å². The van der Waals surface area contributed by atoms with Gasteiger partial charge in [0, 0.05) is 13.1 Å². The van der Waals surface area contributed by atoms with Crippen molar-refractivity contribution in [3.63, 3.8) is 0 Å². The molecule has 1 atom stereocenters. The van der Waals surface area contributed by atoms with E-state index in [0.717, 1.165) is 5.56 Å². The molecule has 0 bridgehead atoms. The van der Waals surface area contributed by atoms with Crippen molar-refractivity contribution in [3.8, 4) is 0 Å². The van der Waals surface area contributed by atoms with Gasteiger partial charge in [-0.25, -0.2) is 4.79 Å². The van der Waals surface area contributed by atoms with Gasteiger partial charge in [0.25, 0.3) is 0 Å². The molecule has 0 aromatic heterocycles. The lowest BCUT2D eigenvalue weighted by Crippen LogP contribution is -2.45. The van der Waals surface area contributed by atoms with Gasteiger partial charge in [-0.15, -0.1) is 0 Å². The molecule has 1 amide bonds. The van der Waals surface area contributed by atoms with E-state index in [9.17, 15) is 9.59 Å². The van der Waals surface area contributed by atoms with Gasteiger partial charge in [-0.05, 0) is 19.7 Å². The Morgan fingerprint density at radius 3 is 2.50 bits per heavy atom. The van der Waals surface area contributed by atoms with Crippen LogP contribution < -0.4 is 16.0 Å². The van der Waals surface area contributed by atoms with Crippen LogP contribution >= 0.6 is 0 Å². The first-order valence-corrected chi connectivity index (χ1v) is 7.10. The van der Waals surface area contributed by atoms with Crippen LogP contribution in [-0.2, 0) is 20.9 Å². The van der Waals surface area contributed by atoms with E-state index in [1.165, 1.54) is 0 Å². The highest BCUT2D eigenvalue weighted by Crippen LogP contribution is 2.00. The normalized spacial score (nSPS) is 11.5. The van der Waals surface area contributed by atoms with Gasteiger partial charge in [-0.2, -0.15) is 0 Å². The van der Waals surface area contributed by atoms with Crippen molar-refractivity contribution >= 4 is 12.1 Å². The first-order valence-electron chi connectivity index (χ1n) is 7.10. The zero-order valence-electron chi connectivity index (χ0n) is 12.9. The Bertz CT molecular complexity index is 453. The van der Waals surface area contributed by atoms with Crippen LogP contribution in [0.5, 0.6) is 0 Å². The number of ether oxygens (including phenoxy) is 2. The molecule has 7 heteroatoms. The molecule has 0 spiro atoms. The summed E-state index contributed by atoms with van der Waals surface area (Å²) in [6.45, 7) is 1.15. The molecule has 3 N–H and O–H groups in total. The highest BCUT2D eigenvalue weighted by atomic mass is 16.5. The van der Waals surface area contributed by atoms with Crippen molar-refractivity contribution in [3.05, 3.63) is 35.9 Å². The molecule has 122 valence electrons. The van der Waals surface area contributed by atoms with E-state index in [0.29, 0.717) is 6.54 Å². The van der Waals surface area contributed by atoms with E-state index in [1.54, 1.807) is 14.1 Å². The molecule has 1 unspecified atom stereocenters. The number of amides is 1. The van der Waals surface area contributed by atoms with Gasteiger partial charge in [-0.3, -0.25) is 4.79 Å². The molecule has 0 aliphatic carbocycles. The largest absolute Gasteiger partial charge is 0.463 e. The van der Waals surface area contributed by atoms with E-state index in [1.807, 2.05) is 30.3 Å². The second-order valence-electron chi connectivity index (χ2n) is 4.55. The Morgan fingerprint density at radius 2 is 1.86 bits per heavy atom. The van der Waals surface area contributed by atoms with Crippen LogP contribution in [0.4, 0.5) is 4.79 Å². The number of rotatable bonds is 9. The Balaban J connectivity index is 2.26. The quantitative estimate of drug-likeness (QED) is 0.448. The summed E-state index contributed by atoms with van der Waals surface area (Å²) in [5, 5.41) is 8.20. The van der Waals surface area contributed by atoms with Crippen LogP contribution in [-0.4, -0.2) is 51.9 Å². The van der Waals surface area contributed by atoms with Crippen molar-refractivity contribution in [2.45, 2.75) is 12.6 Å². The Labute approximate surface area is 130 Å². The molecule has 1 rings (SSSR count). The molecule has 0 heterocycles. The van der Waals surface area contributed by atoms with Gasteiger partial charge >= 0.3 is 12.1 Å². The molecule has 0 saturated heterocycles. The van der Waals surface area contributed by atoms with Crippen LogP contribution in [0.2, 0.25) is 0 Å². The van der Waals surface area contributed by atoms with Gasteiger partial charge in [-0.1, -0.05) is 30.3 Å². The lowest BCUT2D eigenvalue weighted by Gasteiger charge is -2.16. The first-order chi connectivity index (χ1) is 10.7. The summed E-state index contributed by atoms with van der Waals surface area (Å²) in [4.78, 5) is 23.3. The van der Waals surface area contributed by atoms with Gasteiger partial charge < -0.3 is 25.4 Å². The number of nitrogens with one attached hydrogen (secondary N) is 3. The molecular formula is C15H23N3O4. The maximum atomic E-state index is 11.7. The first kappa shape index (κ1) is 17.9. The number of likely N-dealkylation sites (N-methyl/N-ethyl adjacent to an activating group) is 2. The summed E-state index contributed by atoms with van der Waals surface area (Å²) in [6.07, 6.45) is -0.577. The maximum absolute atomic E-state index is 11.7. The Hall–Kier alpha value is -2.12. The summed E-state index contributed by atoms with van der Waals surface area (Å²) in [5.41, 5.74) is 0.897. The van der Waals surface area contributed by atoms with Crippen molar-refractivity contribution in [1.29, 1.82) is 0 Å². The average Bonchev–Trinajstić information content (AvgIpc) is 2.54. The van der Waals surface area contributed by atoms with Gasteiger partial charge in [0.1, 0.15) is 19.3 Å². The van der Waals surface area contributed by atoms with Crippen LogP contribution in [0.1, 0.15) is 5.56 Å². The molecule has 0 saturated carbocycles. The third-order valence-electron chi connectivity index (χ3n) is 2.89. The van der Waals surface area contributed by atoms with Crippen molar-refractivity contribution in [2.75, 3.05) is 33.8 Å². The number of esters is 1. The molecule has 0 aliphatic heterocycles. The number of hydrogen-bond donors (Lipinski definition) is 3. The standard InChI is InChI=1S/C15H23N3O4/c1-16-8-9-21-14(19)13(17-2)10-18-15(20)22-11-12-6-4-3-5-7-12/h3-7,13,16-17H,8-11H2,1-2H3,(H,18,20). The van der Waals surface area contributed by atoms with Crippen molar-refractivity contribution < 1.29 is 19.1 Å². The molecule has 0 radical (unpaired) electrons. The van der Waals surface area contributed by atoms with Crippen molar-refractivity contribution in [2.24, 2.45) is 0 Å².